The Kier molecular flexibility index (Phi) is 6.49. The molecule has 2 aromatic carbocycles. The Bertz CT molecular complexity index is 1110. The Balaban J connectivity index is 1.68. The number of carbonyl (C=O) groups is 2. The van der Waals surface area contributed by atoms with Gasteiger partial charge in [-0.1, -0.05) is 6.07 Å². The number of halogens is 1. The molecular formula is C25H25FN2O4S. The molecule has 2 amide bonds. The molecule has 8 heteroatoms. The van der Waals surface area contributed by atoms with Crippen molar-refractivity contribution in [3.8, 4) is 5.75 Å². The van der Waals surface area contributed by atoms with E-state index in [9.17, 15) is 19.1 Å². The van der Waals surface area contributed by atoms with E-state index in [1.54, 1.807) is 43.2 Å². The van der Waals surface area contributed by atoms with Crippen LogP contribution in [0.4, 0.5) is 4.39 Å². The summed E-state index contributed by atoms with van der Waals surface area (Å²) < 4.78 is 18.5. The number of piperidine rings is 1. The molecule has 6 nitrogen and oxygen atoms in total. The molecule has 0 aliphatic carbocycles. The van der Waals surface area contributed by atoms with Gasteiger partial charge in [0.15, 0.2) is 0 Å². The number of nitrogens with one attached hydrogen (secondary N) is 1. The number of benzene rings is 2. The Morgan fingerprint density at radius 2 is 1.79 bits per heavy atom. The maximum Gasteiger partial charge on any atom is 0.254 e. The van der Waals surface area contributed by atoms with Crippen LogP contribution in [-0.2, 0) is 0 Å². The van der Waals surface area contributed by atoms with E-state index in [4.69, 9.17) is 4.74 Å². The monoisotopic (exact) mass is 468 g/mol. The highest BCUT2D eigenvalue weighted by molar-refractivity contribution is 7.10. The Morgan fingerprint density at radius 3 is 2.39 bits per heavy atom. The van der Waals surface area contributed by atoms with Crippen molar-refractivity contribution in [3.63, 3.8) is 0 Å². The van der Waals surface area contributed by atoms with E-state index < -0.39 is 29.4 Å². The molecule has 3 aromatic rings. The molecule has 2 heterocycles. The zero-order valence-corrected chi connectivity index (χ0v) is 19.1. The number of thiophene rings is 1. The fourth-order valence-electron chi connectivity index (χ4n) is 4.13. The van der Waals surface area contributed by atoms with Gasteiger partial charge in [-0.25, -0.2) is 4.39 Å². The Labute approximate surface area is 195 Å². The third kappa shape index (κ3) is 4.77. The summed E-state index contributed by atoms with van der Waals surface area (Å²) >= 11 is 1.46. The van der Waals surface area contributed by atoms with E-state index in [1.807, 2.05) is 17.5 Å². The quantitative estimate of drug-likeness (QED) is 0.593. The van der Waals surface area contributed by atoms with E-state index in [-0.39, 0.29) is 17.9 Å². The summed E-state index contributed by atoms with van der Waals surface area (Å²) in [6, 6.07) is 14.5. The summed E-state index contributed by atoms with van der Waals surface area (Å²) in [5.74, 6) is -0.440. The predicted octanol–water partition coefficient (Wildman–Crippen LogP) is 4.03. The lowest BCUT2D eigenvalue weighted by Crippen LogP contribution is -2.63. The zero-order valence-electron chi connectivity index (χ0n) is 18.3. The smallest absolute Gasteiger partial charge is 0.254 e. The Morgan fingerprint density at radius 1 is 1.12 bits per heavy atom. The molecule has 0 spiro atoms. The number of nitrogens with zero attached hydrogens (tertiary/aromatic N) is 1. The maximum absolute atomic E-state index is 13.5. The number of hydrogen-bond donors (Lipinski definition) is 2. The second-order valence-electron chi connectivity index (χ2n) is 8.25. The standard InChI is InChI=1S/C25H25FN2O4S/c1-25(31)13-14-28(24(30)17-7-11-19(32-2)12-8-17)21(20-4-3-15-33-20)22(25)27-23(29)16-5-9-18(26)10-6-16/h3-12,15,21-22,31H,13-14H2,1-2H3,(H,27,29)/t21-,22-,25+/m0/s1. The summed E-state index contributed by atoms with van der Waals surface area (Å²) in [5.41, 5.74) is -0.501. The van der Waals surface area contributed by atoms with Gasteiger partial charge in [0.2, 0.25) is 0 Å². The number of aliphatic hydroxyl groups is 1. The lowest BCUT2D eigenvalue weighted by Gasteiger charge is -2.48. The van der Waals surface area contributed by atoms with Crippen molar-refractivity contribution in [1.82, 2.24) is 10.2 Å². The van der Waals surface area contributed by atoms with Crippen molar-refractivity contribution in [1.29, 1.82) is 0 Å². The van der Waals surface area contributed by atoms with Crippen LogP contribution in [0.1, 0.15) is 45.0 Å². The average Bonchev–Trinajstić information content (AvgIpc) is 3.34. The van der Waals surface area contributed by atoms with Crippen LogP contribution in [0.25, 0.3) is 0 Å². The van der Waals surface area contributed by atoms with E-state index in [0.29, 0.717) is 17.9 Å². The summed E-state index contributed by atoms with van der Waals surface area (Å²) in [4.78, 5) is 29.0. The minimum atomic E-state index is -1.26. The molecule has 0 bridgehead atoms. The topological polar surface area (TPSA) is 78.9 Å². The van der Waals surface area contributed by atoms with Crippen molar-refractivity contribution in [2.24, 2.45) is 0 Å². The second-order valence-corrected chi connectivity index (χ2v) is 9.23. The molecule has 2 N–H and O–H groups in total. The van der Waals surface area contributed by atoms with E-state index in [0.717, 1.165) is 4.88 Å². The maximum atomic E-state index is 13.5. The SMILES string of the molecule is COc1ccc(C(=O)N2CC[C@@](C)(O)[C@@H](NC(=O)c3ccc(F)cc3)[C@@H]2c2cccs2)cc1. The van der Waals surface area contributed by atoms with Gasteiger partial charge >= 0.3 is 0 Å². The van der Waals surface area contributed by atoms with Crippen LogP contribution >= 0.6 is 11.3 Å². The van der Waals surface area contributed by atoms with E-state index in [2.05, 4.69) is 5.32 Å². The molecule has 3 atom stereocenters. The average molecular weight is 469 g/mol. The van der Waals surface area contributed by atoms with Gasteiger partial charge in [-0.3, -0.25) is 9.59 Å². The van der Waals surface area contributed by atoms with Crippen molar-refractivity contribution < 1.29 is 23.8 Å². The molecule has 0 unspecified atom stereocenters. The second kappa shape index (κ2) is 9.33. The number of ether oxygens (including phenoxy) is 1. The number of methoxy groups -OCH3 is 1. The molecular weight excluding hydrogens is 443 g/mol. The molecule has 1 aromatic heterocycles. The van der Waals surface area contributed by atoms with Crippen LogP contribution in [-0.4, -0.2) is 47.1 Å². The molecule has 33 heavy (non-hydrogen) atoms. The lowest BCUT2D eigenvalue weighted by atomic mass is 9.81. The molecule has 0 saturated carbocycles. The van der Waals surface area contributed by atoms with Crippen molar-refractivity contribution in [2.75, 3.05) is 13.7 Å². The molecule has 0 radical (unpaired) electrons. The van der Waals surface area contributed by atoms with Gasteiger partial charge in [0.25, 0.3) is 11.8 Å². The number of likely N-dealkylation sites (tertiary alicyclic amines) is 1. The summed E-state index contributed by atoms with van der Waals surface area (Å²) in [7, 11) is 1.56. The lowest BCUT2D eigenvalue weighted by molar-refractivity contribution is -0.0541. The van der Waals surface area contributed by atoms with Crippen LogP contribution in [0, 0.1) is 5.82 Å². The van der Waals surface area contributed by atoms with E-state index >= 15 is 0 Å². The number of carbonyl (C=O) groups excluding carboxylic acids is 2. The third-order valence-corrected chi connectivity index (χ3v) is 6.95. The first kappa shape index (κ1) is 22.9. The summed E-state index contributed by atoms with van der Waals surface area (Å²) in [6.07, 6.45) is 0.283. The van der Waals surface area contributed by atoms with Gasteiger partial charge in [-0.15, -0.1) is 11.3 Å². The fourth-order valence-corrected chi connectivity index (χ4v) is 5.00. The minimum Gasteiger partial charge on any atom is -0.497 e. The normalized spacial score (nSPS) is 22.6. The first-order valence-electron chi connectivity index (χ1n) is 10.6. The van der Waals surface area contributed by atoms with E-state index in [1.165, 1.54) is 35.6 Å². The summed E-state index contributed by atoms with van der Waals surface area (Å²) in [6.45, 7) is 1.99. The van der Waals surface area contributed by atoms with Gasteiger partial charge in [0.05, 0.1) is 24.8 Å². The largest absolute Gasteiger partial charge is 0.497 e. The number of hydrogen-bond acceptors (Lipinski definition) is 5. The number of rotatable bonds is 5. The van der Waals surface area contributed by atoms with Crippen molar-refractivity contribution >= 4 is 23.2 Å². The fraction of sp³-hybridized carbons (Fsp3) is 0.280. The molecule has 1 aliphatic heterocycles. The van der Waals surface area contributed by atoms with Crippen molar-refractivity contribution in [2.45, 2.75) is 31.0 Å². The molecule has 172 valence electrons. The Hall–Kier alpha value is -3.23. The molecule has 4 rings (SSSR count). The van der Waals surface area contributed by atoms with Crippen LogP contribution in [0.5, 0.6) is 5.75 Å². The van der Waals surface area contributed by atoms with Crippen LogP contribution in [0.3, 0.4) is 0 Å². The van der Waals surface area contributed by atoms with Crippen LogP contribution in [0.2, 0.25) is 0 Å². The van der Waals surface area contributed by atoms with Crippen molar-refractivity contribution in [3.05, 3.63) is 87.9 Å². The molecule has 1 fully saturated rings. The van der Waals surface area contributed by atoms with Gasteiger partial charge in [0.1, 0.15) is 11.6 Å². The zero-order chi connectivity index (χ0) is 23.6. The van der Waals surface area contributed by atoms with Gasteiger partial charge in [-0.2, -0.15) is 0 Å². The van der Waals surface area contributed by atoms with Crippen LogP contribution in [0.15, 0.2) is 66.0 Å². The van der Waals surface area contributed by atoms with Gasteiger partial charge < -0.3 is 20.1 Å². The van der Waals surface area contributed by atoms with Crippen LogP contribution < -0.4 is 10.1 Å². The first-order valence-corrected chi connectivity index (χ1v) is 11.5. The molecule has 1 aliphatic rings. The highest BCUT2D eigenvalue weighted by Gasteiger charge is 2.48. The first-order chi connectivity index (χ1) is 15.8. The minimum absolute atomic E-state index is 0.201. The summed E-state index contributed by atoms with van der Waals surface area (Å²) in [5, 5.41) is 16.1. The van der Waals surface area contributed by atoms with Gasteiger partial charge in [0, 0.05) is 22.5 Å². The molecule has 1 saturated heterocycles. The highest BCUT2D eigenvalue weighted by atomic mass is 32.1. The third-order valence-electron chi connectivity index (χ3n) is 6.01. The number of amides is 2. The predicted molar refractivity (Wildman–Crippen MR) is 124 cm³/mol. The van der Waals surface area contributed by atoms with Gasteiger partial charge in [-0.05, 0) is 73.3 Å². The highest BCUT2D eigenvalue weighted by Crippen LogP contribution is 2.39.